The largest absolute Gasteiger partial charge is 0.497 e. The molecule has 172 valence electrons. The van der Waals surface area contributed by atoms with Crippen molar-refractivity contribution in [3.63, 3.8) is 0 Å². The third-order valence-electron chi connectivity index (χ3n) is 5.09. The summed E-state index contributed by atoms with van der Waals surface area (Å²) in [4.78, 5) is 13.0. The molecule has 0 heterocycles. The number of para-hydroxylation sites is 1. The van der Waals surface area contributed by atoms with Crippen LogP contribution in [0.15, 0.2) is 88.9 Å². The minimum absolute atomic E-state index is 0.0523. The smallest absolute Gasteiger partial charge is 0.273 e. The fourth-order valence-corrected chi connectivity index (χ4v) is 4.56. The molecule has 3 aromatic carbocycles. The van der Waals surface area contributed by atoms with Crippen molar-refractivity contribution in [3.05, 3.63) is 90.0 Å². The third kappa shape index (κ3) is 5.78. The molecule has 0 bridgehead atoms. The number of anilines is 1. The van der Waals surface area contributed by atoms with Crippen LogP contribution in [-0.2, 0) is 16.6 Å². The maximum absolute atomic E-state index is 13.7. The molecule has 1 amide bonds. The molecular formula is C25H27N3O4S. The first-order valence-corrected chi connectivity index (χ1v) is 11.9. The van der Waals surface area contributed by atoms with Crippen LogP contribution in [0.3, 0.4) is 0 Å². The summed E-state index contributed by atoms with van der Waals surface area (Å²) in [6.07, 6.45) is 0.688. The van der Waals surface area contributed by atoms with Gasteiger partial charge in [-0.3, -0.25) is 9.10 Å². The Morgan fingerprint density at radius 1 is 0.970 bits per heavy atom. The summed E-state index contributed by atoms with van der Waals surface area (Å²) < 4.78 is 33.9. The van der Waals surface area contributed by atoms with Crippen LogP contribution < -0.4 is 14.5 Å². The standard InChI is InChI=1S/C25H27N3O4S/c1-4-19(2)26-27-25(29)23-12-8-9-13-24(23)28(18-20-10-6-5-7-11-20)33(30,31)22-16-14-21(32-3)15-17-22/h5-17H,4,18H2,1-3H3,(H,27,29)/b26-19-. The SMILES string of the molecule is CC/C(C)=N\NC(=O)c1ccccc1N(Cc1ccccc1)S(=O)(=O)c1ccc(OC)cc1. The van der Waals surface area contributed by atoms with Gasteiger partial charge in [0.25, 0.3) is 15.9 Å². The van der Waals surface area contributed by atoms with Gasteiger partial charge in [-0.25, -0.2) is 13.8 Å². The second-order valence-corrected chi connectivity index (χ2v) is 9.19. The number of amides is 1. The van der Waals surface area contributed by atoms with Crippen LogP contribution >= 0.6 is 0 Å². The lowest BCUT2D eigenvalue weighted by Gasteiger charge is -2.26. The number of hydrazone groups is 1. The predicted molar refractivity (Wildman–Crippen MR) is 130 cm³/mol. The highest BCUT2D eigenvalue weighted by Crippen LogP contribution is 2.30. The van der Waals surface area contributed by atoms with Crippen molar-refractivity contribution >= 4 is 27.3 Å². The average molecular weight is 466 g/mol. The zero-order valence-corrected chi connectivity index (χ0v) is 19.7. The molecule has 0 spiro atoms. The summed E-state index contributed by atoms with van der Waals surface area (Å²) in [7, 11) is -2.49. The Balaban J connectivity index is 2.10. The van der Waals surface area contributed by atoms with Crippen LogP contribution in [0.25, 0.3) is 0 Å². The molecule has 0 aliphatic carbocycles. The number of rotatable bonds is 9. The lowest BCUT2D eigenvalue weighted by molar-refractivity contribution is 0.0955. The molecule has 0 aliphatic heterocycles. The number of carbonyl (C=O) groups excluding carboxylic acids is 1. The Morgan fingerprint density at radius 3 is 2.24 bits per heavy atom. The van der Waals surface area contributed by atoms with Crippen LogP contribution in [0.2, 0.25) is 0 Å². The van der Waals surface area contributed by atoms with Gasteiger partial charge in [-0.05, 0) is 55.3 Å². The van der Waals surface area contributed by atoms with Crippen LogP contribution in [0.5, 0.6) is 5.75 Å². The van der Waals surface area contributed by atoms with Gasteiger partial charge in [0, 0.05) is 5.71 Å². The van der Waals surface area contributed by atoms with Gasteiger partial charge in [0.15, 0.2) is 0 Å². The molecule has 3 rings (SSSR count). The van der Waals surface area contributed by atoms with E-state index >= 15 is 0 Å². The van der Waals surface area contributed by atoms with E-state index in [9.17, 15) is 13.2 Å². The van der Waals surface area contributed by atoms with E-state index < -0.39 is 15.9 Å². The number of nitrogens with one attached hydrogen (secondary N) is 1. The number of ether oxygens (including phenoxy) is 1. The van der Waals surface area contributed by atoms with Crippen LogP contribution in [0, 0.1) is 0 Å². The number of nitrogens with zero attached hydrogens (tertiary/aromatic N) is 2. The van der Waals surface area contributed by atoms with Crippen molar-refractivity contribution in [2.75, 3.05) is 11.4 Å². The lowest BCUT2D eigenvalue weighted by Crippen LogP contribution is -2.33. The maximum Gasteiger partial charge on any atom is 0.273 e. The molecule has 0 fully saturated rings. The number of hydrogen-bond acceptors (Lipinski definition) is 5. The highest BCUT2D eigenvalue weighted by Gasteiger charge is 2.28. The summed E-state index contributed by atoms with van der Waals surface area (Å²) in [5, 5.41) is 4.08. The van der Waals surface area contributed by atoms with Crippen molar-refractivity contribution in [2.24, 2.45) is 5.10 Å². The summed E-state index contributed by atoms with van der Waals surface area (Å²) in [5.74, 6) is 0.0638. The predicted octanol–water partition coefficient (Wildman–Crippen LogP) is 4.61. The van der Waals surface area contributed by atoms with E-state index in [4.69, 9.17) is 4.74 Å². The number of hydrogen-bond donors (Lipinski definition) is 1. The fourth-order valence-electron chi connectivity index (χ4n) is 3.09. The van der Waals surface area contributed by atoms with Crippen LogP contribution in [-0.4, -0.2) is 27.1 Å². The Labute approximate surface area is 194 Å². The molecule has 33 heavy (non-hydrogen) atoms. The van der Waals surface area contributed by atoms with E-state index in [2.05, 4.69) is 10.5 Å². The zero-order valence-electron chi connectivity index (χ0n) is 18.9. The molecule has 0 radical (unpaired) electrons. The first-order valence-electron chi connectivity index (χ1n) is 10.5. The summed E-state index contributed by atoms with van der Waals surface area (Å²) in [5.41, 5.74) is 4.54. The number of carbonyl (C=O) groups is 1. The molecule has 0 unspecified atom stereocenters. The third-order valence-corrected chi connectivity index (χ3v) is 6.87. The highest BCUT2D eigenvalue weighted by molar-refractivity contribution is 7.92. The molecule has 1 N–H and O–H groups in total. The average Bonchev–Trinajstić information content (AvgIpc) is 2.86. The first kappa shape index (κ1) is 24.0. The molecule has 3 aromatic rings. The summed E-state index contributed by atoms with van der Waals surface area (Å²) in [6.45, 7) is 3.79. The Bertz CT molecular complexity index is 1220. The molecule has 0 saturated heterocycles. The van der Waals surface area contributed by atoms with Gasteiger partial charge in [0.1, 0.15) is 5.75 Å². The second kappa shape index (κ2) is 10.8. The zero-order chi connectivity index (χ0) is 23.8. The highest BCUT2D eigenvalue weighted by atomic mass is 32.2. The van der Waals surface area contributed by atoms with Gasteiger partial charge in [0.05, 0.1) is 29.8 Å². The van der Waals surface area contributed by atoms with E-state index in [1.807, 2.05) is 44.2 Å². The molecule has 0 aliphatic rings. The fraction of sp³-hybridized carbons (Fsp3) is 0.200. The van der Waals surface area contributed by atoms with Crippen molar-refractivity contribution in [1.29, 1.82) is 0 Å². The van der Waals surface area contributed by atoms with Crippen LogP contribution in [0.1, 0.15) is 36.2 Å². The van der Waals surface area contributed by atoms with Crippen molar-refractivity contribution in [1.82, 2.24) is 5.43 Å². The summed E-state index contributed by atoms with van der Waals surface area (Å²) in [6, 6.07) is 22.0. The second-order valence-electron chi connectivity index (χ2n) is 7.33. The molecule has 0 atom stereocenters. The van der Waals surface area contributed by atoms with Crippen molar-refractivity contribution in [3.8, 4) is 5.75 Å². The molecule has 8 heteroatoms. The van der Waals surface area contributed by atoms with Gasteiger partial charge < -0.3 is 4.74 Å². The van der Waals surface area contributed by atoms with Gasteiger partial charge in [-0.2, -0.15) is 5.10 Å². The molecule has 0 aromatic heterocycles. The van der Waals surface area contributed by atoms with Crippen molar-refractivity contribution < 1.29 is 17.9 Å². The Kier molecular flexibility index (Phi) is 7.84. The number of benzene rings is 3. The minimum Gasteiger partial charge on any atom is -0.497 e. The quantitative estimate of drug-likeness (QED) is 0.369. The number of sulfonamides is 1. The molecule has 7 nitrogen and oxygen atoms in total. The molecule has 0 saturated carbocycles. The van der Waals surface area contributed by atoms with Crippen LogP contribution in [0.4, 0.5) is 5.69 Å². The van der Waals surface area contributed by atoms with Gasteiger partial charge in [-0.1, -0.05) is 49.4 Å². The van der Waals surface area contributed by atoms with E-state index in [1.165, 1.54) is 23.5 Å². The van der Waals surface area contributed by atoms with Crippen molar-refractivity contribution in [2.45, 2.75) is 31.7 Å². The topological polar surface area (TPSA) is 88.1 Å². The normalized spacial score (nSPS) is 11.7. The first-order chi connectivity index (χ1) is 15.9. The monoisotopic (exact) mass is 465 g/mol. The lowest BCUT2D eigenvalue weighted by atomic mass is 10.1. The molecular weight excluding hydrogens is 438 g/mol. The minimum atomic E-state index is -4.01. The van der Waals surface area contributed by atoms with E-state index in [1.54, 1.807) is 36.4 Å². The van der Waals surface area contributed by atoms with E-state index in [-0.39, 0.29) is 22.7 Å². The number of methoxy groups -OCH3 is 1. The van der Waals surface area contributed by atoms with E-state index in [0.29, 0.717) is 12.2 Å². The van der Waals surface area contributed by atoms with Gasteiger partial charge in [-0.15, -0.1) is 0 Å². The van der Waals surface area contributed by atoms with Gasteiger partial charge in [0.2, 0.25) is 0 Å². The maximum atomic E-state index is 13.7. The van der Waals surface area contributed by atoms with Gasteiger partial charge >= 0.3 is 0 Å². The van der Waals surface area contributed by atoms with E-state index in [0.717, 1.165) is 11.3 Å². The summed E-state index contributed by atoms with van der Waals surface area (Å²) >= 11 is 0. The Hall–Kier alpha value is -3.65. The Morgan fingerprint density at radius 2 is 1.61 bits per heavy atom.